The summed E-state index contributed by atoms with van der Waals surface area (Å²) in [5.41, 5.74) is -0.109. The molecule has 1 aromatic rings. The maximum atomic E-state index is 12.1. The second kappa shape index (κ2) is 8.46. The van der Waals surface area contributed by atoms with Crippen LogP contribution >= 0.6 is 0 Å². The number of amides is 2. The van der Waals surface area contributed by atoms with Crippen LogP contribution in [0.15, 0.2) is 24.3 Å². The highest BCUT2D eigenvalue weighted by atomic mass is 19.1. The fourth-order valence-corrected chi connectivity index (χ4v) is 1.99. The molecule has 5 nitrogen and oxygen atoms in total. The second-order valence-electron chi connectivity index (χ2n) is 5.11. The van der Waals surface area contributed by atoms with Crippen LogP contribution in [-0.2, 0) is 0 Å². The number of rotatable bonds is 8. The standard InChI is InChI=1S/C15H23FN2O3/c1-3-7-15(2,11-19)18-14(20)17-12-5-4-6-13(10-12)21-9-8-16/h4-6,10,19H,3,7-9,11H2,1-2H3,(H2,17,18,20). The number of aliphatic hydroxyl groups excluding tert-OH is 1. The Balaban J connectivity index is 2.61. The van der Waals surface area contributed by atoms with Gasteiger partial charge in [0, 0.05) is 11.8 Å². The number of urea groups is 1. The topological polar surface area (TPSA) is 70.6 Å². The van der Waals surface area contributed by atoms with Gasteiger partial charge < -0.3 is 20.5 Å². The average molecular weight is 298 g/mol. The summed E-state index contributed by atoms with van der Waals surface area (Å²) in [6.07, 6.45) is 1.53. The van der Waals surface area contributed by atoms with E-state index >= 15 is 0 Å². The molecular weight excluding hydrogens is 275 g/mol. The van der Waals surface area contributed by atoms with Gasteiger partial charge in [0.05, 0.1) is 12.1 Å². The highest BCUT2D eigenvalue weighted by molar-refractivity contribution is 5.89. The van der Waals surface area contributed by atoms with E-state index in [0.29, 0.717) is 17.9 Å². The fraction of sp³-hybridized carbons (Fsp3) is 0.533. The van der Waals surface area contributed by atoms with Crippen LogP contribution < -0.4 is 15.4 Å². The van der Waals surface area contributed by atoms with Gasteiger partial charge >= 0.3 is 6.03 Å². The number of alkyl halides is 1. The maximum Gasteiger partial charge on any atom is 0.319 e. The zero-order chi connectivity index (χ0) is 15.7. The zero-order valence-electron chi connectivity index (χ0n) is 12.5. The number of hydrogen-bond acceptors (Lipinski definition) is 3. The van der Waals surface area contributed by atoms with Crippen molar-refractivity contribution >= 4 is 11.7 Å². The minimum Gasteiger partial charge on any atom is -0.491 e. The smallest absolute Gasteiger partial charge is 0.319 e. The monoisotopic (exact) mass is 298 g/mol. The fourth-order valence-electron chi connectivity index (χ4n) is 1.99. The molecule has 0 heterocycles. The van der Waals surface area contributed by atoms with Crippen molar-refractivity contribution in [1.29, 1.82) is 0 Å². The summed E-state index contributed by atoms with van der Waals surface area (Å²) in [6.45, 7) is 3.06. The molecule has 2 amide bonds. The number of halogens is 1. The Morgan fingerprint density at radius 3 is 2.86 bits per heavy atom. The highest BCUT2D eigenvalue weighted by Crippen LogP contribution is 2.18. The lowest BCUT2D eigenvalue weighted by atomic mass is 9.98. The number of benzene rings is 1. The van der Waals surface area contributed by atoms with Crippen LogP contribution in [0.25, 0.3) is 0 Å². The zero-order valence-corrected chi connectivity index (χ0v) is 12.5. The maximum absolute atomic E-state index is 12.1. The van der Waals surface area contributed by atoms with Crippen molar-refractivity contribution in [3.8, 4) is 5.75 Å². The number of hydrogen-bond donors (Lipinski definition) is 3. The van der Waals surface area contributed by atoms with Crippen molar-refractivity contribution < 1.29 is 19.0 Å². The van der Waals surface area contributed by atoms with Crippen LogP contribution in [0.3, 0.4) is 0 Å². The van der Waals surface area contributed by atoms with Crippen LogP contribution in [-0.4, -0.2) is 36.6 Å². The molecule has 0 bridgehead atoms. The molecule has 0 aromatic heterocycles. The molecule has 0 saturated carbocycles. The molecule has 1 aromatic carbocycles. The Bertz CT molecular complexity index is 456. The molecular formula is C15H23FN2O3. The third-order valence-electron chi connectivity index (χ3n) is 3.00. The van der Waals surface area contributed by atoms with Crippen molar-refractivity contribution in [1.82, 2.24) is 5.32 Å². The van der Waals surface area contributed by atoms with Gasteiger partial charge in [-0.1, -0.05) is 19.4 Å². The SMILES string of the molecule is CCCC(C)(CO)NC(=O)Nc1cccc(OCCF)c1. The van der Waals surface area contributed by atoms with Crippen LogP contribution in [0.1, 0.15) is 26.7 Å². The summed E-state index contributed by atoms with van der Waals surface area (Å²) in [7, 11) is 0. The van der Waals surface area contributed by atoms with E-state index in [1.807, 2.05) is 6.92 Å². The van der Waals surface area contributed by atoms with Gasteiger partial charge in [0.25, 0.3) is 0 Å². The average Bonchev–Trinajstić information content (AvgIpc) is 2.45. The molecule has 3 N–H and O–H groups in total. The second-order valence-corrected chi connectivity index (χ2v) is 5.11. The van der Waals surface area contributed by atoms with E-state index in [1.165, 1.54) is 0 Å². The third-order valence-corrected chi connectivity index (χ3v) is 3.00. The van der Waals surface area contributed by atoms with E-state index in [2.05, 4.69) is 10.6 Å². The van der Waals surface area contributed by atoms with E-state index in [9.17, 15) is 14.3 Å². The van der Waals surface area contributed by atoms with E-state index in [4.69, 9.17) is 4.74 Å². The largest absolute Gasteiger partial charge is 0.491 e. The first-order valence-electron chi connectivity index (χ1n) is 7.02. The predicted molar refractivity (Wildman–Crippen MR) is 80.5 cm³/mol. The lowest BCUT2D eigenvalue weighted by Gasteiger charge is -2.28. The summed E-state index contributed by atoms with van der Waals surface area (Å²) < 4.78 is 17.2. The van der Waals surface area contributed by atoms with Crippen LogP contribution in [0.2, 0.25) is 0 Å². The number of nitrogens with one attached hydrogen (secondary N) is 2. The van der Waals surface area contributed by atoms with Crippen molar-refractivity contribution in [3.05, 3.63) is 24.3 Å². The van der Waals surface area contributed by atoms with Gasteiger partial charge in [0.15, 0.2) is 0 Å². The van der Waals surface area contributed by atoms with Gasteiger partial charge in [-0.2, -0.15) is 0 Å². The molecule has 21 heavy (non-hydrogen) atoms. The summed E-state index contributed by atoms with van der Waals surface area (Å²) in [5.74, 6) is 0.490. The molecule has 1 rings (SSSR count). The van der Waals surface area contributed by atoms with E-state index in [1.54, 1.807) is 31.2 Å². The molecule has 0 saturated heterocycles. The lowest BCUT2D eigenvalue weighted by molar-refractivity contribution is 0.167. The first kappa shape index (κ1) is 17.2. The first-order valence-corrected chi connectivity index (χ1v) is 7.02. The molecule has 0 radical (unpaired) electrons. The quantitative estimate of drug-likeness (QED) is 0.691. The number of anilines is 1. The van der Waals surface area contributed by atoms with Gasteiger partial charge in [-0.3, -0.25) is 0 Å². The predicted octanol–water partition coefficient (Wildman–Crippen LogP) is 2.71. The summed E-state index contributed by atoms with van der Waals surface area (Å²) >= 11 is 0. The van der Waals surface area contributed by atoms with Gasteiger partial charge in [0.2, 0.25) is 0 Å². The Hall–Kier alpha value is -1.82. The molecule has 1 atom stereocenters. The van der Waals surface area contributed by atoms with Crippen LogP contribution in [0.5, 0.6) is 5.75 Å². The summed E-state index contributed by atoms with van der Waals surface area (Å²) in [6, 6.07) is 6.32. The number of carbonyl (C=O) groups is 1. The van der Waals surface area contributed by atoms with Crippen LogP contribution in [0.4, 0.5) is 14.9 Å². The van der Waals surface area contributed by atoms with Gasteiger partial charge in [-0.25, -0.2) is 9.18 Å². The summed E-state index contributed by atoms with van der Waals surface area (Å²) in [4.78, 5) is 12.0. The van der Waals surface area contributed by atoms with Gasteiger partial charge in [-0.05, 0) is 25.5 Å². The Kier molecular flexibility index (Phi) is 6.94. The Labute approximate surface area is 124 Å². The number of aliphatic hydroxyl groups is 1. The summed E-state index contributed by atoms with van der Waals surface area (Å²) in [5, 5.41) is 14.8. The van der Waals surface area contributed by atoms with Crippen molar-refractivity contribution in [2.24, 2.45) is 0 Å². The van der Waals surface area contributed by atoms with E-state index in [0.717, 1.165) is 6.42 Å². The van der Waals surface area contributed by atoms with Crippen LogP contribution in [0, 0.1) is 0 Å². The van der Waals surface area contributed by atoms with Gasteiger partial charge in [-0.15, -0.1) is 0 Å². The molecule has 0 aliphatic rings. The number of carbonyl (C=O) groups excluding carboxylic acids is 1. The van der Waals surface area contributed by atoms with Crippen molar-refractivity contribution in [3.63, 3.8) is 0 Å². The molecule has 0 aliphatic carbocycles. The molecule has 6 heteroatoms. The highest BCUT2D eigenvalue weighted by Gasteiger charge is 2.24. The Morgan fingerprint density at radius 1 is 1.48 bits per heavy atom. The van der Waals surface area contributed by atoms with Crippen molar-refractivity contribution in [2.45, 2.75) is 32.2 Å². The van der Waals surface area contributed by atoms with Crippen molar-refractivity contribution in [2.75, 3.05) is 25.2 Å². The molecule has 0 aliphatic heterocycles. The third kappa shape index (κ3) is 5.99. The Morgan fingerprint density at radius 2 is 2.24 bits per heavy atom. The van der Waals surface area contributed by atoms with E-state index in [-0.39, 0.29) is 13.2 Å². The molecule has 118 valence electrons. The first-order chi connectivity index (χ1) is 10.0. The van der Waals surface area contributed by atoms with E-state index < -0.39 is 18.2 Å². The molecule has 0 spiro atoms. The molecule has 1 unspecified atom stereocenters. The number of ether oxygens (including phenoxy) is 1. The minimum atomic E-state index is -0.652. The normalized spacial score (nSPS) is 13.3. The molecule has 0 fully saturated rings. The minimum absolute atomic E-state index is 0.0191. The lowest BCUT2D eigenvalue weighted by Crippen LogP contribution is -2.50. The van der Waals surface area contributed by atoms with Gasteiger partial charge in [0.1, 0.15) is 19.0 Å².